The smallest absolute Gasteiger partial charge is 0.182 e. The van der Waals surface area contributed by atoms with Gasteiger partial charge in [0, 0.05) is 6.04 Å². The van der Waals surface area contributed by atoms with E-state index in [1.807, 2.05) is 26.0 Å². The van der Waals surface area contributed by atoms with Crippen molar-refractivity contribution in [2.24, 2.45) is 0 Å². The monoisotopic (exact) mass is 267 g/mol. The molecule has 18 heavy (non-hydrogen) atoms. The molecular weight excluding hydrogens is 246 g/mol. The fraction of sp³-hybridized carbons (Fsp3) is 0.571. The molecule has 4 heteroatoms. The van der Waals surface area contributed by atoms with E-state index in [-0.39, 0.29) is 11.3 Å². The Hall–Kier alpha value is -0.870. The van der Waals surface area contributed by atoms with E-state index in [0.717, 1.165) is 31.4 Å². The van der Waals surface area contributed by atoms with Gasteiger partial charge in [-0.05, 0) is 38.4 Å². The number of hydrogen-bond acceptors (Lipinski definition) is 3. The lowest BCUT2D eigenvalue weighted by atomic mass is 10.2. The predicted octanol–water partition coefficient (Wildman–Crippen LogP) is 2.30. The molecule has 1 aliphatic carbocycles. The van der Waals surface area contributed by atoms with Crippen LogP contribution in [0.4, 0.5) is 0 Å². The van der Waals surface area contributed by atoms with Crippen LogP contribution in [-0.4, -0.2) is 26.3 Å². The third-order valence-electron chi connectivity index (χ3n) is 3.67. The standard InChI is InChI=1S/C14H21NO2S/c1-3-15-13-5-4-6-14(13)18(16,17)12-9-7-11(2)8-10-12/h7-10,13-15H,3-6H2,1-2H3. The molecule has 100 valence electrons. The summed E-state index contributed by atoms with van der Waals surface area (Å²) in [4.78, 5) is 0.461. The highest BCUT2D eigenvalue weighted by Crippen LogP contribution is 2.30. The van der Waals surface area contributed by atoms with Crippen LogP contribution < -0.4 is 5.32 Å². The summed E-state index contributed by atoms with van der Waals surface area (Å²) in [6.45, 7) is 4.81. The van der Waals surface area contributed by atoms with Crippen molar-refractivity contribution in [3.05, 3.63) is 29.8 Å². The lowest BCUT2D eigenvalue weighted by molar-refractivity contribution is 0.517. The molecule has 0 aromatic heterocycles. The average Bonchev–Trinajstić information content (AvgIpc) is 2.79. The predicted molar refractivity (Wildman–Crippen MR) is 73.5 cm³/mol. The summed E-state index contributed by atoms with van der Waals surface area (Å²) in [7, 11) is -3.19. The molecule has 0 amide bonds. The molecule has 1 aliphatic rings. The second-order valence-corrected chi connectivity index (χ2v) is 7.16. The molecule has 0 saturated heterocycles. The van der Waals surface area contributed by atoms with Gasteiger partial charge in [-0.2, -0.15) is 0 Å². The SMILES string of the molecule is CCNC1CCCC1S(=O)(=O)c1ccc(C)cc1. The molecule has 1 fully saturated rings. The Balaban J connectivity index is 2.27. The van der Waals surface area contributed by atoms with E-state index in [4.69, 9.17) is 0 Å². The third-order valence-corrected chi connectivity index (χ3v) is 5.96. The summed E-state index contributed by atoms with van der Waals surface area (Å²) in [5.74, 6) is 0. The zero-order valence-corrected chi connectivity index (χ0v) is 11.8. The highest BCUT2D eigenvalue weighted by atomic mass is 32.2. The van der Waals surface area contributed by atoms with E-state index in [1.54, 1.807) is 12.1 Å². The third kappa shape index (κ3) is 2.59. The van der Waals surface area contributed by atoms with E-state index >= 15 is 0 Å². The van der Waals surface area contributed by atoms with E-state index in [1.165, 1.54) is 0 Å². The van der Waals surface area contributed by atoms with Gasteiger partial charge in [0.1, 0.15) is 0 Å². The normalized spacial score (nSPS) is 24.3. The molecule has 1 aromatic rings. The molecule has 2 rings (SSSR count). The molecule has 0 radical (unpaired) electrons. The number of aryl methyl sites for hydroxylation is 1. The Morgan fingerprint density at radius 1 is 1.22 bits per heavy atom. The van der Waals surface area contributed by atoms with Crippen molar-refractivity contribution in [1.29, 1.82) is 0 Å². The summed E-state index contributed by atoms with van der Waals surface area (Å²) in [6.07, 6.45) is 2.73. The molecule has 0 heterocycles. The van der Waals surface area contributed by atoms with Crippen LogP contribution in [-0.2, 0) is 9.84 Å². The van der Waals surface area contributed by atoms with Gasteiger partial charge in [0.2, 0.25) is 0 Å². The lowest BCUT2D eigenvalue weighted by Gasteiger charge is -2.20. The van der Waals surface area contributed by atoms with Crippen molar-refractivity contribution in [2.45, 2.75) is 49.3 Å². The van der Waals surface area contributed by atoms with Crippen molar-refractivity contribution in [1.82, 2.24) is 5.32 Å². The van der Waals surface area contributed by atoms with Gasteiger partial charge in [-0.3, -0.25) is 0 Å². The average molecular weight is 267 g/mol. The Morgan fingerprint density at radius 2 is 1.89 bits per heavy atom. The van der Waals surface area contributed by atoms with E-state index in [9.17, 15) is 8.42 Å². The number of hydrogen-bond donors (Lipinski definition) is 1. The van der Waals surface area contributed by atoms with Crippen molar-refractivity contribution < 1.29 is 8.42 Å². The largest absolute Gasteiger partial charge is 0.313 e. The first kappa shape index (κ1) is 13.6. The Bertz CT molecular complexity index is 493. The zero-order valence-electron chi connectivity index (χ0n) is 11.0. The van der Waals surface area contributed by atoms with Gasteiger partial charge in [0.25, 0.3) is 0 Å². The maximum Gasteiger partial charge on any atom is 0.182 e. The molecule has 3 nitrogen and oxygen atoms in total. The molecule has 2 unspecified atom stereocenters. The molecule has 0 spiro atoms. The Kier molecular flexibility index (Phi) is 4.07. The molecule has 2 atom stereocenters. The van der Waals surface area contributed by atoms with Crippen LogP contribution in [0.15, 0.2) is 29.2 Å². The molecule has 1 N–H and O–H groups in total. The second kappa shape index (κ2) is 5.41. The first-order valence-corrected chi connectivity index (χ1v) is 8.14. The quantitative estimate of drug-likeness (QED) is 0.910. The topological polar surface area (TPSA) is 46.2 Å². The molecule has 0 bridgehead atoms. The Labute approximate surface area is 110 Å². The van der Waals surface area contributed by atoms with Crippen LogP contribution in [0.5, 0.6) is 0 Å². The van der Waals surface area contributed by atoms with Gasteiger partial charge in [-0.15, -0.1) is 0 Å². The number of rotatable bonds is 4. The van der Waals surface area contributed by atoms with Crippen LogP contribution in [0.1, 0.15) is 31.7 Å². The van der Waals surface area contributed by atoms with Crippen molar-refractivity contribution in [3.8, 4) is 0 Å². The number of sulfone groups is 1. The lowest BCUT2D eigenvalue weighted by Crippen LogP contribution is -2.40. The van der Waals surface area contributed by atoms with Crippen LogP contribution in [0.3, 0.4) is 0 Å². The van der Waals surface area contributed by atoms with Gasteiger partial charge >= 0.3 is 0 Å². The Morgan fingerprint density at radius 3 is 2.50 bits per heavy atom. The fourth-order valence-electron chi connectivity index (χ4n) is 2.70. The maximum atomic E-state index is 12.6. The first-order chi connectivity index (χ1) is 8.55. The molecular formula is C14H21NO2S. The van der Waals surface area contributed by atoms with Gasteiger partial charge < -0.3 is 5.32 Å². The summed E-state index contributed by atoms with van der Waals surface area (Å²) in [6, 6.07) is 7.30. The van der Waals surface area contributed by atoms with Gasteiger partial charge in [0.15, 0.2) is 9.84 Å². The van der Waals surface area contributed by atoms with Crippen molar-refractivity contribution in [3.63, 3.8) is 0 Å². The van der Waals surface area contributed by atoms with Crippen molar-refractivity contribution in [2.75, 3.05) is 6.54 Å². The van der Waals surface area contributed by atoms with E-state index < -0.39 is 9.84 Å². The van der Waals surface area contributed by atoms with Crippen LogP contribution >= 0.6 is 0 Å². The highest BCUT2D eigenvalue weighted by Gasteiger charge is 2.37. The minimum absolute atomic E-state index is 0.112. The number of benzene rings is 1. The minimum Gasteiger partial charge on any atom is -0.313 e. The number of nitrogens with one attached hydrogen (secondary N) is 1. The first-order valence-electron chi connectivity index (χ1n) is 6.59. The summed E-state index contributed by atoms with van der Waals surface area (Å²) in [5.41, 5.74) is 1.09. The van der Waals surface area contributed by atoms with Gasteiger partial charge in [-0.1, -0.05) is 31.0 Å². The summed E-state index contributed by atoms with van der Waals surface area (Å²) >= 11 is 0. The van der Waals surface area contributed by atoms with Gasteiger partial charge in [0.05, 0.1) is 10.1 Å². The van der Waals surface area contributed by atoms with Crippen LogP contribution in [0.25, 0.3) is 0 Å². The van der Waals surface area contributed by atoms with E-state index in [2.05, 4.69) is 5.32 Å². The summed E-state index contributed by atoms with van der Waals surface area (Å²) < 4.78 is 25.2. The van der Waals surface area contributed by atoms with E-state index in [0.29, 0.717) is 4.90 Å². The highest BCUT2D eigenvalue weighted by molar-refractivity contribution is 7.92. The van der Waals surface area contributed by atoms with Crippen LogP contribution in [0, 0.1) is 6.92 Å². The van der Waals surface area contributed by atoms with Crippen molar-refractivity contribution >= 4 is 9.84 Å². The van der Waals surface area contributed by atoms with Crippen LogP contribution in [0.2, 0.25) is 0 Å². The van der Waals surface area contributed by atoms with Gasteiger partial charge in [-0.25, -0.2) is 8.42 Å². The molecule has 1 saturated carbocycles. The zero-order chi connectivity index (χ0) is 13.2. The fourth-order valence-corrected chi connectivity index (χ4v) is 4.70. The second-order valence-electron chi connectivity index (χ2n) is 4.99. The summed E-state index contributed by atoms with van der Waals surface area (Å²) in [5, 5.41) is 3.04. The molecule has 1 aromatic carbocycles. The molecule has 0 aliphatic heterocycles. The maximum absolute atomic E-state index is 12.6. The minimum atomic E-state index is -3.19.